The van der Waals surface area contributed by atoms with Gasteiger partial charge in [0.05, 0.1) is 18.3 Å². The summed E-state index contributed by atoms with van der Waals surface area (Å²) in [5.74, 6) is 0.832. The standard InChI is InChI=1S/C24H19ClN6O2/c1-31-20(24(32)26-19-11-10-15(25)13-18(19)23-27-29-30-28-23)12-14-6-5-8-17(22(14)31)16-7-3-4-9-21(16)33-2/h3-13H,1-2H3,(H,26,32)(H,27,28,29,30). The second-order valence-electron chi connectivity index (χ2n) is 7.41. The fourth-order valence-corrected chi connectivity index (χ4v) is 4.16. The van der Waals surface area contributed by atoms with Crippen molar-refractivity contribution in [1.29, 1.82) is 0 Å². The van der Waals surface area contributed by atoms with Gasteiger partial charge < -0.3 is 14.6 Å². The molecule has 0 aliphatic rings. The molecule has 2 aromatic heterocycles. The van der Waals surface area contributed by atoms with Crippen LogP contribution in [0, 0.1) is 0 Å². The SMILES string of the molecule is COc1ccccc1-c1cccc2cc(C(=O)Nc3ccc(Cl)cc3-c3nn[nH]n3)n(C)c12. The fourth-order valence-electron chi connectivity index (χ4n) is 3.99. The quantitative estimate of drug-likeness (QED) is 0.388. The van der Waals surface area contributed by atoms with Gasteiger partial charge in [0.1, 0.15) is 11.4 Å². The molecule has 0 fully saturated rings. The number of benzene rings is 3. The molecule has 0 saturated carbocycles. The van der Waals surface area contributed by atoms with E-state index >= 15 is 0 Å². The summed E-state index contributed by atoms with van der Waals surface area (Å²) in [5, 5.41) is 18.4. The molecule has 9 heteroatoms. The maximum Gasteiger partial charge on any atom is 0.272 e. The van der Waals surface area contributed by atoms with E-state index in [2.05, 4.69) is 25.9 Å². The summed E-state index contributed by atoms with van der Waals surface area (Å²) < 4.78 is 7.45. The van der Waals surface area contributed by atoms with Crippen molar-refractivity contribution in [2.45, 2.75) is 0 Å². The molecule has 0 radical (unpaired) electrons. The van der Waals surface area contributed by atoms with Crippen LogP contribution in [0.3, 0.4) is 0 Å². The molecule has 0 unspecified atom stereocenters. The van der Waals surface area contributed by atoms with E-state index in [1.165, 1.54) is 0 Å². The first kappa shape index (κ1) is 20.7. The smallest absolute Gasteiger partial charge is 0.272 e. The number of methoxy groups -OCH3 is 1. The van der Waals surface area contributed by atoms with Crippen LogP contribution in [0.1, 0.15) is 10.5 Å². The molecule has 1 amide bonds. The number of hydrogen-bond donors (Lipinski definition) is 2. The number of H-pyrrole nitrogens is 1. The minimum Gasteiger partial charge on any atom is -0.496 e. The molecule has 33 heavy (non-hydrogen) atoms. The van der Waals surface area contributed by atoms with Gasteiger partial charge in [0.25, 0.3) is 5.91 Å². The van der Waals surface area contributed by atoms with Crippen LogP contribution in [-0.2, 0) is 7.05 Å². The van der Waals surface area contributed by atoms with E-state index in [1.54, 1.807) is 25.3 Å². The number of carbonyl (C=O) groups excluding carboxylic acids is 1. The predicted octanol–water partition coefficient (Wildman–Crippen LogP) is 4.94. The van der Waals surface area contributed by atoms with Gasteiger partial charge in [-0.3, -0.25) is 4.79 Å². The molecule has 8 nitrogen and oxygen atoms in total. The number of carbonyl (C=O) groups is 1. The minimum atomic E-state index is -0.272. The molecule has 0 saturated heterocycles. The van der Waals surface area contributed by atoms with E-state index in [9.17, 15) is 4.79 Å². The number of aryl methyl sites for hydroxylation is 1. The van der Waals surface area contributed by atoms with Crippen LogP contribution < -0.4 is 10.1 Å². The van der Waals surface area contributed by atoms with E-state index in [0.29, 0.717) is 27.8 Å². The van der Waals surface area contributed by atoms with Crippen molar-refractivity contribution in [3.8, 4) is 28.3 Å². The average molecular weight is 459 g/mol. The highest BCUT2D eigenvalue weighted by molar-refractivity contribution is 6.31. The first-order valence-corrected chi connectivity index (χ1v) is 10.5. The van der Waals surface area contributed by atoms with Gasteiger partial charge in [-0.1, -0.05) is 48.0 Å². The van der Waals surface area contributed by atoms with Crippen LogP contribution in [-0.4, -0.2) is 38.2 Å². The summed E-state index contributed by atoms with van der Waals surface area (Å²) in [7, 11) is 3.52. The van der Waals surface area contributed by atoms with Gasteiger partial charge in [0.2, 0.25) is 5.82 Å². The zero-order valence-corrected chi connectivity index (χ0v) is 18.6. The molecule has 3 aromatic carbocycles. The Balaban J connectivity index is 1.57. The topological polar surface area (TPSA) is 97.7 Å². The Bertz CT molecular complexity index is 1480. The van der Waals surface area contributed by atoms with Crippen LogP contribution >= 0.6 is 11.6 Å². The van der Waals surface area contributed by atoms with Crippen LogP contribution in [0.5, 0.6) is 5.75 Å². The summed E-state index contributed by atoms with van der Waals surface area (Å²) in [6.45, 7) is 0. The van der Waals surface area contributed by atoms with Crippen molar-refractivity contribution < 1.29 is 9.53 Å². The molecule has 5 aromatic rings. The minimum absolute atomic E-state index is 0.272. The number of aromatic nitrogens is 5. The fraction of sp³-hybridized carbons (Fsp3) is 0.0833. The second kappa shape index (κ2) is 8.40. The van der Waals surface area contributed by atoms with Gasteiger partial charge in [0, 0.05) is 34.1 Å². The molecule has 5 rings (SSSR count). The summed E-state index contributed by atoms with van der Waals surface area (Å²) in [5.41, 5.74) is 4.46. The maximum absolute atomic E-state index is 13.3. The Hall–Kier alpha value is -4.17. The van der Waals surface area contributed by atoms with Crippen molar-refractivity contribution >= 4 is 34.1 Å². The second-order valence-corrected chi connectivity index (χ2v) is 7.85. The Labute approximate surface area is 194 Å². The largest absolute Gasteiger partial charge is 0.496 e. The maximum atomic E-state index is 13.3. The molecule has 2 N–H and O–H groups in total. The highest BCUT2D eigenvalue weighted by atomic mass is 35.5. The summed E-state index contributed by atoms with van der Waals surface area (Å²) in [6, 6.07) is 20.8. The molecule has 0 aliphatic heterocycles. The highest BCUT2D eigenvalue weighted by Gasteiger charge is 2.20. The Kier molecular flexibility index (Phi) is 5.27. The molecule has 0 atom stereocenters. The zero-order chi connectivity index (χ0) is 22.9. The number of anilines is 1. The molecule has 164 valence electrons. The van der Waals surface area contributed by atoms with Gasteiger partial charge in [-0.05, 0) is 35.5 Å². The van der Waals surface area contributed by atoms with Crippen molar-refractivity contribution in [2.75, 3.05) is 12.4 Å². The Morgan fingerprint density at radius 1 is 1.03 bits per heavy atom. The van der Waals surface area contributed by atoms with E-state index in [-0.39, 0.29) is 5.91 Å². The number of nitrogens with one attached hydrogen (secondary N) is 2. The first-order valence-electron chi connectivity index (χ1n) is 10.1. The molecular weight excluding hydrogens is 440 g/mol. The van der Waals surface area contributed by atoms with Gasteiger partial charge in [-0.15, -0.1) is 10.2 Å². The van der Waals surface area contributed by atoms with Crippen LogP contribution in [0.15, 0.2) is 66.7 Å². The predicted molar refractivity (Wildman–Crippen MR) is 127 cm³/mol. The van der Waals surface area contributed by atoms with E-state index in [4.69, 9.17) is 16.3 Å². The lowest BCUT2D eigenvalue weighted by Crippen LogP contribution is -2.16. The number of nitrogens with zero attached hydrogens (tertiary/aromatic N) is 4. The number of halogens is 1. The summed E-state index contributed by atoms with van der Waals surface area (Å²) in [6.07, 6.45) is 0. The van der Waals surface area contributed by atoms with Gasteiger partial charge in [-0.2, -0.15) is 5.21 Å². The number of tetrazole rings is 1. The van der Waals surface area contributed by atoms with E-state index in [0.717, 1.165) is 27.8 Å². The third kappa shape index (κ3) is 3.70. The zero-order valence-electron chi connectivity index (χ0n) is 17.8. The van der Waals surface area contributed by atoms with E-state index in [1.807, 2.05) is 60.1 Å². The number of rotatable bonds is 5. The first-order chi connectivity index (χ1) is 16.1. The van der Waals surface area contributed by atoms with Gasteiger partial charge in [0.15, 0.2) is 0 Å². The molecule has 2 heterocycles. The lowest BCUT2D eigenvalue weighted by Gasteiger charge is -2.12. The number of para-hydroxylation sites is 2. The molecular formula is C24H19ClN6O2. The number of aromatic amines is 1. The third-order valence-corrected chi connectivity index (χ3v) is 5.74. The molecule has 0 bridgehead atoms. The average Bonchev–Trinajstić information content (AvgIpc) is 3.48. The third-order valence-electron chi connectivity index (χ3n) is 5.50. The summed E-state index contributed by atoms with van der Waals surface area (Å²) in [4.78, 5) is 13.3. The lowest BCUT2D eigenvalue weighted by atomic mass is 10.0. The Morgan fingerprint density at radius 3 is 2.64 bits per heavy atom. The number of amides is 1. The van der Waals surface area contributed by atoms with Gasteiger partial charge in [-0.25, -0.2) is 0 Å². The van der Waals surface area contributed by atoms with Crippen LogP contribution in [0.2, 0.25) is 5.02 Å². The van der Waals surface area contributed by atoms with E-state index < -0.39 is 0 Å². The molecule has 0 aliphatic carbocycles. The number of ether oxygens (including phenoxy) is 1. The van der Waals surface area contributed by atoms with Crippen molar-refractivity contribution in [1.82, 2.24) is 25.2 Å². The van der Waals surface area contributed by atoms with Crippen LogP contribution in [0.4, 0.5) is 5.69 Å². The van der Waals surface area contributed by atoms with Crippen LogP contribution in [0.25, 0.3) is 33.4 Å². The summed E-state index contributed by atoms with van der Waals surface area (Å²) >= 11 is 6.15. The van der Waals surface area contributed by atoms with Crippen molar-refractivity contribution in [3.63, 3.8) is 0 Å². The lowest BCUT2D eigenvalue weighted by molar-refractivity contribution is 0.102. The Morgan fingerprint density at radius 2 is 1.85 bits per heavy atom. The normalized spacial score (nSPS) is 11.0. The van der Waals surface area contributed by atoms with Gasteiger partial charge >= 0.3 is 0 Å². The molecule has 0 spiro atoms. The van der Waals surface area contributed by atoms with Crippen molar-refractivity contribution in [2.24, 2.45) is 7.05 Å². The van der Waals surface area contributed by atoms with Crippen molar-refractivity contribution in [3.05, 3.63) is 77.4 Å². The highest BCUT2D eigenvalue weighted by Crippen LogP contribution is 2.36. The monoisotopic (exact) mass is 458 g/mol. The number of fused-ring (bicyclic) bond motifs is 1. The number of hydrogen-bond acceptors (Lipinski definition) is 5.